The van der Waals surface area contributed by atoms with Crippen LogP contribution in [0, 0.1) is 29.3 Å². The Hall–Kier alpha value is -5.17. The number of aliphatic hydroxyl groups is 1. The number of hydrogen-bond acceptors (Lipinski definition) is 6. The number of likely N-dealkylation sites (tertiary alicyclic amines) is 1. The maximum absolute atomic E-state index is 15.0. The summed E-state index contributed by atoms with van der Waals surface area (Å²) in [7, 11) is 0. The van der Waals surface area contributed by atoms with Gasteiger partial charge in [0.1, 0.15) is 22.9 Å². The molecule has 4 aromatic rings. The summed E-state index contributed by atoms with van der Waals surface area (Å²) in [5.41, 5.74) is -1.32. The molecule has 3 heterocycles. The van der Waals surface area contributed by atoms with Crippen molar-refractivity contribution >= 4 is 23.4 Å². The van der Waals surface area contributed by atoms with Gasteiger partial charge in [-0.25, -0.2) is 22.9 Å². The van der Waals surface area contributed by atoms with E-state index >= 15 is 4.39 Å². The van der Waals surface area contributed by atoms with Gasteiger partial charge in [-0.05, 0) is 60.7 Å². The molecule has 1 fully saturated rings. The maximum Gasteiger partial charge on any atom is 0.323 e. The molecule has 1 unspecified atom stereocenters. The minimum atomic E-state index is -1.03. The Kier molecular flexibility index (Phi) is 9.48. The third-order valence-electron chi connectivity index (χ3n) is 7.65. The minimum Gasteiger partial charge on any atom is -0.454 e. The van der Waals surface area contributed by atoms with Crippen molar-refractivity contribution in [1.29, 1.82) is 0 Å². The summed E-state index contributed by atoms with van der Waals surface area (Å²) in [6, 6.07) is 11.5. The van der Waals surface area contributed by atoms with Gasteiger partial charge in [0.15, 0.2) is 17.4 Å². The van der Waals surface area contributed by atoms with Gasteiger partial charge in [-0.3, -0.25) is 19.5 Å². The quantitative estimate of drug-likeness (QED) is 0.225. The van der Waals surface area contributed by atoms with Crippen molar-refractivity contribution in [3.63, 3.8) is 0 Å². The van der Waals surface area contributed by atoms with Crippen molar-refractivity contribution in [2.75, 3.05) is 30.3 Å². The molecule has 3 N–H and O–H groups in total. The standard InChI is InChI=1S/C32H30F3N5O5/c1-2-19-17-39(18-20(19)10-13-41)32(44)38-29-14-23(9-11-36-29)45-28-16-25(34)27(15-26(28)35)37-30(42)24-4-3-12-40(31(24)43)22-7-5-21(33)6-8-22/h3-9,11-12,14-16,19-20,41H,2,10,13,17-18H2,1H3,(H,37,42)(H,36,38,44)/t19?,20-/m0/s1. The molecule has 13 heteroatoms. The molecule has 1 aliphatic heterocycles. The average molecular weight is 622 g/mol. The van der Waals surface area contributed by atoms with Crippen LogP contribution in [0.2, 0.25) is 0 Å². The van der Waals surface area contributed by atoms with Crippen LogP contribution in [0.3, 0.4) is 0 Å². The van der Waals surface area contributed by atoms with Gasteiger partial charge < -0.3 is 20.1 Å². The fourth-order valence-corrected chi connectivity index (χ4v) is 5.28. The molecule has 0 bridgehead atoms. The van der Waals surface area contributed by atoms with Gasteiger partial charge in [-0.2, -0.15) is 0 Å². The number of anilines is 2. The number of nitrogens with one attached hydrogen (secondary N) is 2. The number of aliphatic hydroxyl groups excluding tert-OH is 1. The van der Waals surface area contributed by atoms with E-state index in [-0.39, 0.29) is 41.6 Å². The Labute approximate surface area is 256 Å². The van der Waals surface area contributed by atoms with E-state index in [1.165, 1.54) is 48.8 Å². The predicted octanol–water partition coefficient (Wildman–Crippen LogP) is 5.57. The smallest absolute Gasteiger partial charge is 0.323 e. The molecule has 2 atom stereocenters. The normalized spacial score (nSPS) is 16.0. The van der Waals surface area contributed by atoms with Gasteiger partial charge in [0, 0.05) is 56.0 Å². The Balaban J connectivity index is 1.26. The number of halogens is 3. The topological polar surface area (TPSA) is 126 Å². The monoisotopic (exact) mass is 621 g/mol. The van der Waals surface area contributed by atoms with Crippen LogP contribution in [0.15, 0.2) is 77.9 Å². The summed E-state index contributed by atoms with van der Waals surface area (Å²) in [5, 5.41) is 14.2. The summed E-state index contributed by atoms with van der Waals surface area (Å²) in [6.45, 7) is 3.14. The van der Waals surface area contributed by atoms with Gasteiger partial charge in [-0.15, -0.1) is 0 Å². The zero-order valence-electron chi connectivity index (χ0n) is 24.2. The number of amides is 3. The van der Waals surface area contributed by atoms with Crippen LogP contribution in [0.1, 0.15) is 30.1 Å². The molecule has 1 aliphatic rings. The molecule has 5 rings (SSSR count). The molecule has 0 spiro atoms. The molecule has 45 heavy (non-hydrogen) atoms. The van der Waals surface area contributed by atoms with Crippen LogP contribution in [-0.2, 0) is 0 Å². The number of urea groups is 1. The fraction of sp³-hybridized carbons (Fsp3) is 0.250. The third-order valence-corrected chi connectivity index (χ3v) is 7.65. The number of aromatic nitrogens is 2. The van der Waals surface area contributed by atoms with Crippen LogP contribution >= 0.6 is 0 Å². The molecule has 2 aromatic carbocycles. The van der Waals surface area contributed by atoms with Gasteiger partial charge in [0.25, 0.3) is 11.5 Å². The van der Waals surface area contributed by atoms with Gasteiger partial charge in [0.2, 0.25) is 0 Å². The van der Waals surface area contributed by atoms with Crippen LogP contribution in [-0.4, -0.2) is 51.2 Å². The van der Waals surface area contributed by atoms with E-state index in [4.69, 9.17) is 4.74 Å². The van der Waals surface area contributed by atoms with E-state index in [9.17, 15) is 28.3 Å². The van der Waals surface area contributed by atoms with E-state index in [0.29, 0.717) is 31.3 Å². The van der Waals surface area contributed by atoms with Crippen molar-refractivity contribution in [2.45, 2.75) is 19.8 Å². The lowest BCUT2D eigenvalue weighted by molar-refractivity contribution is 0.102. The van der Waals surface area contributed by atoms with Crippen LogP contribution in [0.5, 0.6) is 11.5 Å². The molecule has 1 saturated heterocycles. The largest absolute Gasteiger partial charge is 0.454 e. The lowest BCUT2D eigenvalue weighted by atomic mass is 9.91. The van der Waals surface area contributed by atoms with E-state index in [2.05, 4.69) is 15.6 Å². The molecular weight excluding hydrogens is 591 g/mol. The first-order valence-electron chi connectivity index (χ1n) is 14.3. The Morgan fingerprint density at radius 3 is 2.49 bits per heavy atom. The summed E-state index contributed by atoms with van der Waals surface area (Å²) in [4.78, 5) is 44.4. The van der Waals surface area contributed by atoms with E-state index in [0.717, 1.165) is 29.2 Å². The second kappa shape index (κ2) is 13.6. The van der Waals surface area contributed by atoms with Crippen LogP contribution in [0.25, 0.3) is 5.69 Å². The highest BCUT2D eigenvalue weighted by molar-refractivity contribution is 6.04. The summed E-state index contributed by atoms with van der Waals surface area (Å²) in [5.74, 6) is -3.35. The van der Waals surface area contributed by atoms with E-state index in [1.54, 1.807) is 4.90 Å². The van der Waals surface area contributed by atoms with Crippen molar-refractivity contribution < 1.29 is 32.6 Å². The fourth-order valence-electron chi connectivity index (χ4n) is 5.28. The molecule has 234 valence electrons. The summed E-state index contributed by atoms with van der Waals surface area (Å²) < 4.78 is 49.9. The first-order valence-corrected chi connectivity index (χ1v) is 14.3. The van der Waals surface area contributed by atoms with Crippen LogP contribution < -0.4 is 20.9 Å². The number of carbonyl (C=O) groups excluding carboxylic acids is 2. The average Bonchev–Trinajstić information content (AvgIpc) is 3.44. The maximum atomic E-state index is 15.0. The highest BCUT2D eigenvalue weighted by atomic mass is 19.1. The predicted molar refractivity (Wildman–Crippen MR) is 160 cm³/mol. The number of ether oxygens (including phenoxy) is 1. The number of nitrogens with zero attached hydrogens (tertiary/aromatic N) is 3. The summed E-state index contributed by atoms with van der Waals surface area (Å²) in [6.07, 6.45) is 4.21. The molecular formula is C32H30F3N5O5. The first-order chi connectivity index (χ1) is 21.7. The number of rotatable bonds is 9. The van der Waals surface area contributed by atoms with E-state index < -0.39 is 40.4 Å². The van der Waals surface area contributed by atoms with Gasteiger partial charge >= 0.3 is 6.03 Å². The van der Waals surface area contributed by atoms with Gasteiger partial charge in [0.05, 0.1) is 5.69 Å². The summed E-state index contributed by atoms with van der Waals surface area (Å²) >= 11 is 0. The lowest BCUT2D eigenvalue weighted by Crippen LogP contribution is -2.33. The second-order valence-electron chi connectivity index (χ2n) is 10.5. The number of carbonyl (C=O) groups is 2. The number of pyridine rings is 2. The minimum absolute atomic E-state index is 0.0506. The highest BCUT2D eigenvalue weighted by Crippen LogP contribution is 2.31. The first kappa shape index (κ1) is 31.3. The highest BCUT2D eigenvalue weighted by Gasteiger charge is 2.33. The number of benzene rings is 2. The Bertz CT molecular complexity index is 1770. The zero-order chi connectivity index (χ0) is 32.1. The van der Waals surface area contributed by atoms with Crippen molar-refractivity contribution in [1.82, 2.24) is 14.5 Å². The molecule has 0 radical (unpaired) electrons. The van der Waals surface area contributed by atoms with E-state index in [1.807, 2.05) is 6.92 Å². The zero-order valence-corrected chi connectivity index (χ0v) is 24.2. The molecule has 3 amide bonds. The van der Waals surface area contributed by atoms with Gasteiger partial charge in [-0.1, -0.05) is 13.3 Å². The Morgan fingerprint density at radius 2 is 1.76 bits per heavy atom. The Morgan fingerprint density at radius 1 is 1.00 bits per heavy atom. The van der Waals surface area contributed by atoms with Crippen LogP contribution in [0.4, 0.5) is 29.5 Å². The molecule has 0 saturated carbocycles. The van der Waals surface area contributed by atoms with Crippen molar-refractivity contribution in [3.05, 3.63) is 106 Å². The third kappa shape index (κ3) is 7.15. The number of hydrogen-bond donors (Lipinski definition) is 3. The van der Waals surface area contributed by atoms with Crippen molar-refractivity contribution in [3.8, 4) is 17.2 Å². The molecule has 10 nitrogen and oxygen atoms in total. The van der Waals surface area contributed by atoms with Crippen molar-refractivity contribution in [2.24, 2.45) is 11.8 Å². The lowest BCUT2D eigenvalue weighted by Gasteiger charge is -2.17. The second-order valence-corrected chi connectivity index (χ2v) is 10.5. The molecule has 2 aromatic heterocycles. The molecule has 0 aliphatic carbocycles. The SMILES string of the molecule is CCC1CN(C(=O)Nc2cc(Oc3cc(F)c(NC(=O)c4cccn(-c5ccc(F)cc5)c4=O)cc3F)ccn2)C[C@@H]1CCO.